The molecule has 0 bridgehead atoms. The molecule has 0 spiro atoms. The SMILES string of the molecule is CCN(CC)c1cc(C)nc(Nc2ccc(NC(=O)C3CCCO3)cc2)n1. The predicted octanol–water partition coefficient (Wildman–Crippen LogP) is 3.49. The van der Waals surface area contributed by atoms with E-state index in [0.717, 1.165) is 48.8 Å². The molecule has 144 valence electrons. The molecule has 1 aromatic heterocycles. The average molecular weight is 369 g/mol. The first kappa shape index (κ1) is 19.1. The number of hydrogen-bond acceptors (Lipinski definition) is 6. The Kier molecular flexibility index (Phi) is 6.24. The van der Waals surface area contributed by atoms with Gasteiger partial charge in [0.15, 0.2) is 0 Å². The van der Waals surface area contributed by atoms with Crippen LogP contribution in [0.25, 0.3) is 0 Å². The van der Waals surface area contributed by atoms with Gasteiger partial charge in [-0.25, -0.2) is 4.98 Å². The van der Waals surface area contributed by atoms with Gasteiger partial charge in [-0.15, -0.1) is 0 Å². The van der Waals surface area contributed by atoms with E-state index in [1.54, 1.807) is 0 Å². The number of aryl methyl sites for hydroxylation is 1. The number of aromatic nitrogens is 2. The van der Waals surface area contributed by atoms with E-state index in [4.69, 9.17) is 4.74 Å². The number of nitrogens with one attached hydrogen (secondary N) is 2. The fourth-order valence-corrected chi connectivity index (χ4v) is 3.09. The first-order valence-corrected chi connectivity index (χ1v) is 9.49. The molecule has 3 rings (SSSR count). The summed E-state index contributed by atoms with van der Waals surface area (Å²) in [6.45, 7) is 8.63. The lowest BCUT2D eigenvalue weighted by Crippen LogP contribution is -2.26. The molecule has 1 fully saturated rings. The molecule has 1 aliphatic heterocycles. The Morgan fingerprint density at radius 2 is 1.89 bits per heavy atom. The Morgan fingerprint density at radius 1 is 1.19 bits per heavy atom. The molecular weight excluding hydrogens is 342 g/mol. The van der Waals surface area contributed by atoms with Crippen molar-refractivity contribution in [1.82, 2.24) is 9.97 Å². The van der Waals surface area contributed by atoms with Crippen molar-refractivity contribution < 1.29 is 9.53 Å². The predicted molar refractivity (Wildman–Crippen MR) is 108 cm³/mol. The Hall–Kier alpha value is -2.67. The van der Waals surface area contributed by atoms with Crippen molar-refractivity contribution in [2.45, 2.75) is 39.7 Å². The third kappa shape index (κ3) is 4.95. The molecule has 1 saturated heterocycles. The van der Waals surface area contributed by atoms with E-state index in [-0.39, 0.29) is 12.0 Å². The summed E-state index contributed by atoms with van der Waals surface area (Å²) in [5, 5.41) is 6.13. The maximum Gasteiger partial charge on any atom is 0.253 e. The highest BCUT2D eigenvalue weighted by molar-refractivity contribution is 5.94. The molecule has 1 aliphatic rings. The van der Waals surface area contributed by atoms with Crippen LogP contribution < -0.4 is 15.5 Å². The van der Waals surface area contributed by atoms with Crippen molar-refractivity contribution in [2.24, 2.45) is 0 Å². The number of amides is 1. The minimum Gasteiger partial charge on any atom is -0.368 e. The van der Waals surface area contributed by atoms with E-state index >= 15 is 0 Å². The number of nitrogens with zero attached hydrogens (tertiary/aromatic N) is 3. The number of benzene rings is 1. The summed E-state index contributed by atoms with van der Waals surface area (Å²) in [4.78, 5) is 23.4. The molecular formula is C20H27N5O2. The quantitative estimate of drug-likeness (QED) is 0.778. The van der Waals surface area contributed by atoms with Gasteiger partial charge in [0.05, 0.1) is 0 Å². The zero-order valence-corrected chi connectivity index (χ0v) is 16.2. The highest BCUT2D eigenvalue weighted by atomic mass is 16.5. The monoisotopic (exact) mass is 369 g/mol. The smallest absolute Gasteiger partial charge is 0.253 e. The summed E-state index contributed by atoms with van der Waals surface area (Å²) in [7, 11) is 0. The average Bonchev–Trinajstić information content (AvgIpc) is 3.19. The molecule has 7 nitrogen and oxygen atoms in total. The largest absolute Gasteiger partial charge is 0.368 e. The number of rotatable bonds is 7. The van der Waals surface area contributed by atoms with Crippen molar-refractivity contribution in [3.63, 3.8) is 0 Å². The van der Waals surface area contributed by atoms with Crippen LogP contribution in [0.4, 0.5) is 23.1 Å². The Bertz CT molecular complexity index is 768. The normalized spacial score (nSPS) is 16.2. The van der Waals surface area contributed by atoms with Crippen LogP contribution in [-0.4, -0.2) is 41.7 Å². The topological polar surface area (TPSA) is 79.4 Å². The summed E-state index contributed by atoms with van der Waals surface area (Å²) < 4.78 is 5.40. The van der Waals surface area contributed by atoms with Crippen molar-refractivity contribution in [2.75, 3.05) is 35.2 Å². The number of hydrogen-bond donors (Lipinski definition) is 2. The van der Waals surface area contributed by atoms with Crippen LogP contribution in [0, 0.1) is 6.92 Å². The molecule has 2 heterocycles. The Balaban J connectivity index is 1.66. The van der Waals surface area contributed by atoms with E-state index in [2.05, 4.69) is 39.3 Å². The van der Waals surface area contributed by atoms with Gasteiger partial charge in [0.1, 0.15) is 11.9 Å². The molecule has 1 amide bonds. The van der Waals surface area contributed by atoms with E-state index in [1.165, 1.54) is 0 Å². The Labute approximate surface area is 160 Å². The van der Waals surface area contributed by atoms with Crippen LogP contribution in [0.5, 0.6) is 0 Å². The van der Waals surface area contributed by atoms with Gasteiger partial charge in [0, 0.05) is 42.8 Å². The van der Waals surface area contributed by atoms with Crippen molar-refractivity contribution in [3.8, 4) is 0 Å². The lowest BCUT2D eigenvalue weighted by molar-refractivity contribution is -0.124. The van der Waals surface area contributed by atoms with Gasteiger partial charge >= 0.3 is 0 Å². The second kappa shape index (κ2) is 8.81. The standard InChI is InChI=1S/C20H27N5O2/c1-4-25(5-2)18-13-14(3)21-20(24-18)23-16-10-8-15(9-11-16)22-19(26)17-7-6-12-27-17/h8-11,13,17H,4-7,12H2,1-3H3,(H,22,26)(H,21,23,24). The summed E-state index contributed by atoms with van der Waals surface area (Å²) in [5.41, 5.74) is 2.52. The first-order chi connectivity index (χ1) is 13.1. The molecule has 1 unspecified atom stereocenters. The Morgan fingerprint density at radius 3 is 2.52 bits per heavy atom. The minimum absolute atomic E-state index is 0.0842. The van der Waals surface area contributed by atoms with Crippen LogP contribution in [-0.2, 0) is 9.53 Å². The van der Waals surface area contributed by atoms with Crippen molar-refractivity contribution in [3.05, 3.63) is 36.0 Å². The van der Waals surface area contributed by atoms with Gasteiger partial charge < -0.3 is 20.3 Å². The fraction of sp³-hybridized carbons (Fsp3) is 0.450. The molecule has 0 radical (unpaired) electrons. The molecule has 0 aliphatic carbocycles. The van der Waals surface area contributed by atoms with E-state index in [9.17, 15) is 4.79 Å². The van der Waals surface area contributed by atoms with Crippen LogP contribution in [0.15, 0.2) is 30.3 Å². The van der Waals surface area contributed by atoms with Gasteiger partial charge in [0.2, 0.25) is 5.95 Å². The van der Waals surface area contributed by atoms with Crippen LogP contribution in [0.3, 0.4) is 0 Å². The number of carbonyl (C=O) groups excluding carboxylic acids is 1. The summed E-state index contributed by atoms with van der Waals surface area (Å²) in [6, 6.07) is 9.50. The second-order valence-electron chi connectivity index (χ2n) is 6.56. The molecule has 2 aromatic rings. The number of carbonyl (C=O) groups is 1. The van der Waals surface area contributed by atoms with Crippen LogP contribution in [0.1, 0.15) is 32.4 Å². The van der Waals surface area contributed by atoms with Gasteiger partial charge in [-0.1, -0.05) is 0 Å². The third-order valence-electron chi connectivity index (χ3n) is 4.56. The van der Waals surface area contributed by atoms with E-state index in [1.807, 2.05) is 37.3 Å². The van der Waals surface area contributed by atoms with E-state index < -0.39 is 0 Å². The molecule has 1 aromatic carbocycles. The lowest BCUT2D eigenvalue weighted by atomic mass is 10.2. The summed E-state index contributed by atoms with van der Waals surface area (Å²) in [5.74, 6) is 1.39. The van der Waals surface area contributed by atoms with Gasteiger partial charge in [-0.2, -0.15) is 4.98 Å². The molecule has 1 atom stereocenters. The zero-order chi connectivity index (χ0) is 19.2. The second-order valence-corrected chi connectivity index (χ2v) is 6.56. The highest BCUT2D eigenvalue weighted by Crippen LogP contribution is 2.21. The molecule has 27 heavy (non-hydrogen) atoms. The number of ether oxygens (including phenoxy) is 1. The maximum absolute atomic E-state index is 12.1. The third-order valence-corrected chi connectivity index (χ3v) is 4.56. The fourth-order valence-electron chi connectivity index (χ4n) is 3.09. The molecule has 0 saturated carbocycles. The van der Waals surface area contributed by atoms with Gasteiger partial charge in [-0.3, -0.25) is 4.79 Å². The maximum atomic E-state index is 12.1. The van der Waals surface area contributed by atoms with Crippen LogP contribution in [0.2, 0.25) is 0 Å². The first-order valence-electron chi connectivity index (χ1n) is 9.49. The zero-order valence-electron chi connectivity index (χ0n) is 16.2. The number of anilines is 4. The van der Waals surface area contributed by atoms with Crippen molar-refractivity contribution in [1.29, 1.82) is 0 Å². The van der Waals surface area contributed by atoms with Crippen molar-refractivity contribution >= 4 is 29.0 Å². The lowest BCUT2D eigenvalue weighted by Gasteiger charge is -2.20. The van der Waals surface area contributed by atoms with Gasteiger partial charge in [-0.05, 0) is 57.9 Å². The van der Waals surface area contributed by atoms with E-state index in [0.29, 0.717) is 12.6 Å². The molecule has 2 N–H and O–H groups in total. The van der Waals surface area contributed by atoms with Gasteiger partial charge in [0.25, 0.3) is 5.91 Å². The van der Waals surface area contributed by atoms with Crippen LogP contribution >= 0.6 is 0 Å². The highest BCUT2D eigenvalue weighted by Gasteiger charge is 2.23. The summed E-state index contributed by atoms with van der Waals surface area (Å²) in [6.07, 6.45) is 1.39. The molecule has 7 heteroatoms. The minimum atomic E-state index is -0.331. The summed E-state index contributed by atoms with van der Waals surface area (Å²) >= 11 is 0.